The molecule has 1 aromatic rings. The zero-order chi connectivity index (χ0) is 13.8. The second-order valence-corrected chi connectivity index (χ2v) is 5.76. The molecule has 1 saturated heterocycles. The molecule has 2 nitrogen and oxygen atoms in total. The van der Waals surface area contributed by atoms with Crippen LogP contribution in [0.3, 0.4) is 0 Å². The van der Waals surface area contributed by atoms with Gasteiger partial charge < -0.3 is 10.4 Å². The summed E-state index contributed by atoms with van der Waals surface area (Å²) >= 11 is 1.81. The van der Waals surface area contributed by atoms with Gasteiger partial charge in [-0.3, -0.25) is 0 Å². The molecule has 1 aliphatic rings. The van der Waals surface area contributed by atoms with Crippen LogP contribution < -0.4 is 5.32 Å². The van der Waals surface area contributed by atoms with Crippen molar-refractivity contribution in [2.45, 2.75) is 24.9 Å². The van der Waals surface area contributed by atoms with Gasteiger partial charge in [0.15, 0.2) is 17.5 Å². The quantitative estimate of drug-likeness (QED) is 0.837. The molecule has 0 bridgehead atoms. The van der Waals surface area contributed by atoms with Crippen molar-refractivity contribution >= 4 is 11.8 Å². The first-order valence-electron chi connectivity index (χ1n) is 6.21. The Hall–Kier alpha value is -0.720. The number of aliphatic hydroxyl groups excluding tert-OH is 1. The van der Waals surface area contributed by atoms with E-state index in [-0.39, 0.29) is 18.2 Å². The van der Waals surface area contributed by atoms with Crippen LogP contribution in [-0.4, -0.2) is 29.3 Å². The number of halogens is 3. The minimum absolute atomic E-state index is 0.201. The van der Waals surface area contributed by atoms with Crippen molar-refractivity contribution in [2.24, 2.45) is 0 Å². The number of hydrogen-bond donors (Lipinski definition) is 2. The topological polar surface area (TPSA) is 32.3 Å². The lowest BCUT2D eigenvalue weighted by Gasteiger charge is -2.27. The minimum atomic E-state index is -1.48. The maximum Gasteiger partial charge on any atom is 0.194 e. The van der Waals surface area contributed by atoms with Crippen LogP contribution >= 0.6 is 11.8 Å². The molecule has 0 saturated carbocycles. The van der Waals surface area contributed by atoms with Gasteiger partial charge in [-0.2, -0.15) is 11.8 Å². The fourth-order valence-electron chi connectivity index (χ4n) is 2.19. The van der Waals surface area contributed by atoms with Crippen LogP contribution in [0.15, 0.2) is 12.1 Å². The third-order valence-corrected chi connectivity index (χ3v) is 4.40. The molecule has 0 unspecified atom stereocenters. The monoisotopic (exact) mass is 291 g/mol. The molecule has 2 N–H and O–H groups in total. The van der Waals surface area contributed by atoms with Gasteiger partial charge in [0.1, 0.15) is 0 Å². The summed E-state index contributed by atoms with van der Waals surface area (Å²) < 4.78 is 39.3. The Morgan fingerprint density at radius 3 is 2.53 bits per heavy atom. The van der Waals surface area contributed by atoms with E-state index in [0.717, 1.165) is 36.5 Å². The van der Waals surface area contributed by atoms with E-state index in [0.29, 0.717) is 0 Å². The lowest BCUT2D eigenvalue weighted by Crippen LogP contribution is -2.38. The molecule has 106 valence electrons. The van der Waals surface area contributed by atoms with Crippen molar-refractivity contribution < 1.29 is 18.3 Å². The Bertz CT molecular complexity index is 415. The number of benzene rings is 1. The summed E-state index contributed by atoms with van der Waals surface area (Å²) in [7, 11) is 0. The second kappa shape index (κ2) is 6.63. The predicted molar refractivity (Wildman–Crippen MR) is 69.6 cm³/mol. The summed E-state index contributed by atoms with van der Waals surface area (Å²) in [6, 6.07) is 1.49. The Morgan fingerprint density at radius 2 is 2.00 bits per heavy atom. The van der Waals surface area contributed by atoms with Gasteiger partial charge in [-0.25, -0.2) is 13.2 Å². The van der Waals surface area contributed by atoms with Crippen LogP contribution in [-0.2, 0) is 0 Å². The van der Waals surface area contributed by atoms with Crippen molar-refractivity contribution in [1.29, 1.82) is 0 Å². The summed E-state index contributed by atoms with van der Waals surface area (Å²) in [6.45, 7) is -0.286. The van der Waals surface area contributed by atoms with Crippen LogP contribution in [0.4, 0.5) is 13.2 Å². The van der Waals surface area contributed by atoms with E-state index in [4.69, 9.17) is 0 Å². The molecule has 19 heavy (non-hydrogen) atoms. The van der Waals surface area contributed by atoms with E-state index < -0.39 is 23.5 Å². The largest absolute Gasteiger partial charge is 0.394 e. The van der Waals surface area contributed by atoms with Gasteiger partial charge in [0.05, 0.1) is 12.6 Å². The minimum Gasteiger partial charge on any atom is -0.394 e. The molecule has 2 atom stereocenters. The van der Waals surface area contributed by atoms with Gasteiger partial charge in [0, 0.05) is 11.8 Å². The van der Waals surface area contributed by atoms with Crippen LogP contribution in [0.1, 0.15) is 24.4 Å². The molecule has 6 heteroatoms. The zero-order valence-corrected chi connectivity index (χ0v) is 11.2. The van der Waals surface area contributed by atoms with Crippen LogP contribution in [0, 0.1) is 17.5 Å². The number of rotatable bonds is 4. The number of aliphatic hydroxyl groups is 1. The molecule has 1 heterocycles. The molecule has 0 amide bonds. The average molecular weight is 291 g/mol. The maximum atomic E-state index is 13.2. The van der Waals surface area contributed by atoms with Gasteiger partial charge >= 0.3 is 0 Å². The van der Waals surface area contributed by atoms with E-state index in [1.54, 1.807) is 0 Å². The average Bonchev–Trinajstić information content (AvgIpc) is 2.42. The molecule has 0 aliphatic carbocycles. The van der Waals surface area contributed by atoms with Crippen LogP contribution in [0.2, 0.25) is 0 Å². The highest BCUT2D eigenvalue weighted by atomic mass is 32.2. The summed E-state index contributed by atoms with van der Waals surface area (Å²) in [6.07, 6.45) is 2.04. The fourth-order valence-corrected chi connectivity index (χ4v) is 3.27. The summed E-state index contributed by atoms with van der Waals surface area (Å²) in [5.41, 5.74) is 0.231. The van der Waals surface area contributed by atoms with Gasteiger partial charge in [0.2, 0.25) is 0 Å². The number of hydrogen-bond acceptors (Lipinski definition) is 3. The van der Waals surface area contributed by atoms with E-state index in [1.165, 1.54) is 0 Å². The predicted octanol–water partition coefficient (Wildman–Crippen LogP) is 2.62. The number of thioether (sulfide) groups is 1. The molecular weight excluding hydrogens is 275 g/mol. The zero-order valence-electron chi connectivity index (χ0n) is 10.3. The van der Waals surface area contributed by atoms with Gasteiger partial charge in [-0.05, 0) is 36.3 Å². The van der Waals surface area contributed by atoms with E-state index in [9.17, 15) is 18.3 Å². The van der Waals surface area contributed by atoms with Crippen molar-refractivity contribution in [1.82, 2.24) is 5.32 Å². The standard InChI is InChI=1S/C13H16F3NOS/c14-10-4-8(5-11(15)13(10)16)12(6-18)17-9-2-1-3-19-7-9/h4-5,9,12,17-18H,1-3,6-7H2/t9-,12+/m0/s1. The van der Waals surface area contributed by atoms with Gasteiger partial charge in [-0.1, -0.05) is 0 Å². The molecule has 2 rings (SSSR count). The fraction of sp³-hybridized carbons (Fsp3) is 0.538. The first kappa shape index (κ1) is 14.7. The van der Waals surface area contributed by atoms with E-state index in [1.807, 2.05) is 11.8 Å². The van der Waals surface area contributed by atoms with Gasteiger partial charge in [0.25, 0.3) is 0 Å². The van der Waals surface area contributed by atoms with Gasteiger partial charge in [-0.15, -0.1) is 0 Å². The van der Waals surface area contributed by atoms with Crippen molar-refractivity contribution in [2.75, 3.05) is 18.1 Å². The molecular formula is C13H16F3NOS. The second-order valence-electron chi connectivity index (χ2n) is 4.61. The highest BCUT2D eigenvalue weighted by Gasteiger charge is 2.21. The third-order valence-electron chi connectivity index (χ3n) is 3.19. The smallest absolute Gasteiger partial charge is 0.194 e. The van der Waals surface area contributed by atoms with Crippen LogP contribution in [0.25, 0.3) is 0 Å². The molecule has 0 aromatic heterocycles. The highest BCUT2D eigenvalue weighted by molar-refractivity contribution is 7.99. The highest BCUT2D eigenvalue weighted by Crippen LogP contribution is 2.23. The Morgan fingerprint density at radius 1 is 1.32 bits per heavy atom. The molecule has 1 aliphatic heterocycles. The van der Waals surface area contributed by atoms with E-state index in [2.05, 4.69) is 5.32 Å². The molecule has 1 fully saturated rings. The van der Waals surface area contributed by atoms with Crippen molar-refractivity contribution in [3.05, 3.63) is 35.1 Å². The summed E-state index contributed by atoms with van der Waals surface area (Å²) in [5.74, 6) is -1.92. The third kappa shape index (κ3) is 3.64. The molecule has 0 spiro atoms. The molecule has 0 radical (unpaired) electrons. The molecule has 1 aromatic carbocycles. The van der Waals surface area contributed by atoms with Crippen LogP contribution in [0.5, 0.6) is 0 Å². The summed E-state index contributed by atoms with van der Waals surface area (Å²) in [5, 5.41) is 12.5. The Kier molecular flexibility index (Phi) is 5.13. The summed E-state index contributed by atoms with van der Waals surface area (Å²) in [4.78, 5) is 0. The first-order chi connectivity index (χ1) is 9.11. The maximum absolute atomic E-state index is 13.2. The Labute approximate surface area is 114 Å². The van der Waals surface area contributed by atoms with Crippen molar-refractivity contribution in [3.63, 3.8) is 0 Å². The SMILES string of the molecule is OC[C@@H](N[C@H]1CCCSC1)c1cc(F)c(F)c(F)c1. The first-order valence-corrected chi connectivity index (χ1v) is 7.36. The van der Waals surface area contributed by atoms with Crippen molar-refractivity contribution in [3.8, 4) is 0 Å². The lowest BCUT2D eigenvalue weighted by molar-refractivity contribution is 0.232. The lowest BCUT2D eigenvalue weighted by atomic mass is 10.0. The Balaban J connectivity index is 2.12. The number of nitrogens with one attached hydrogen (secondary N) is 1. The van der Waals surface area contributed by atoms with E-state index >= 15 is 0 Å². The normalized spacial score (nSPS) is 21.4.